The molecule has 4 rings (SSSR count). The van der Waals surface area contributed by atoms with E-state index in [1.807, 2.05) is 40.1 Å². The minimum Gasteiger partial charge on any atom is -0.342 e. The topological polar surface area (TPSA) is 52.7 Å². The average Bonchev–Trinajstić information content (AvgIpc) is 3.23. The van der Waals surface area contributed by atoms with Crippen LogP contribution in [0.3, 0.4) is 0 Å². The number of benzene rings is 1. The monoisotopic (exact) mass is 377 g/mol. The van der Waals surface area contributed by atoms with E-state index >= 15 is 0 Å². The van der Waals surface area contributed by atoms with Gasteiger partial charge in [-0.05, 0) is 36.8 Å². The van der Waals surface area contributed by atoms with Crippen LogP contribution < -0.4 is 5.32 Å². The van der Waals surface area contributed by atoms with Crippen molar-refractivity contribution in [3.8, 4) is 0 Å². The van der Waals surface area contributed by atoms with Crippen molar-refractivity contribution in [2.24, 2.45) is 11.3 Å². The van der Waals surface area contributed by atoms with Crippen molar-refractivity contribution in [1.29, 1.82) is 0 Å². The molecule has 0 bridgehead atoms. The van der Waals surface area contributed by atoms with Crippen LogP contribution in [-0.4, -0.2) is 54.3 Å². The molecule has 1 atom stereocenters. The van der Waals surface area contributed by atoms with Gasteiger partial charge in [0, 0.05) is 39.1 Å². The molecule has 1 aromatic rings. The lowest BCUT2D eigenvalue weighted by atomic mass is 9.77. The maximum Gasteiger partial charge on any atom is 0.227 e. The predicted molar refractivity (Wildman–Crippen MR) is 103 cm³/mol. The summed E-state index contributed by atoms with van der Waals surface area (Å²) in [5.41, 5.74) is 1.54. The van der Waals surface area contributed by atoms with Crippen molar-refractivity contribution in [2.75, 3.05) is 32.7 Å². The number of nitrogens with zero attached hydrogens (tertiary/aromatic N) is 2. The standard InChI is InChI=1S/C20H27N3O2.ClH/c24-18-12-17(14-23(18)13-16-4-2-1-3-5-16)19(25)22-10-7-20(8-11-22)6-9-21-15-20;/h1-5,17,21H,6-15H2;1H. The summed E-state index contributed by atoms with van der Waals surface area (Å²) in [4.78, 5) is 29.1. The molecule has 0 aliphatic carbocycles. The number of halogens is 1. The summed E-state index contributed by atoms with van der Waals surface area (Å²) in [6, 6.07) is 10.0. The number of amides is 2. The molecule has 1 N–H and O–H groups in total. The molecule has 0 saturated carbocycles. The van der Waals surface area contributed by atoms with Crippen LogP contribution in [0.2, 0.25) is 0 Å². The van der Waals surface area contributed by atoms with E-state index in [1.54, 1.807) is 0 Å². The average molecular weight is 378 g/mol. The first kappa shape index (κ1) is 19.2. The third kappa shape index (κ3) is 3.89. The highest BCUT2D eigenvalue weighted by Gasteiger charge is 2.41. The maximum atomic E-state index is 12.9. The van der Waals surface area contributed by atoms with Gasteiger partial charge in [-0.25, -0.2) is 0 Å². The molecule has 26 heavy (non-hydrogen) atoms. The van der Waals surface area contributed by atoms with Gasteiger partial charge in [0.2, 0.25) is 11.8 Å². The Morgan fingerprint density at radius 2 is 1.88 bits per heavy atom. The van der Waals surface area contributed by atoms with E-state index in [4.69, 9.17) is 0 Å². The number of likely N-dealkylation sites (tertiary alicyclic amines) is 2. The number of hydrogen-bond donors (Lipinski definition) is 1. The van der Waals surface area contributed by atoms with E-state index in [9.17, 15) is 9.59 Å². The van der Waals surface area contributed by atoms with Crippen molar-refractivity contribution in [3.63, 3.8) is 0 Å². The van der Waals surface area contributed by atoms with Crippen molar-refractivity contribution in [3.05, 3.63) is 35.9 Å². The van der Waals surface area contributed by atoms with E-state index in [0.717, 1.165) is 44.6 Å². The second kappa shape index (κ2) is 7.97. The number of piperidine rings is 1. The van der Waals surface area contributed by atoms with Gasteiger partial charge in [-0.1, -0.05) is 30.3 Å². The minimum absolute atomic E-state index is 0. The first-order valence-corrected chi connectivity index (χ1v) is 9.46. The molecule has 2 amide bonds. The van der Waals surface area contributed by atoms with Crippen molar-refractivity contribution >= 4 is 24.2 Å². The van der Waals surface area contributed by atoms with Crippen LogP contribution in [0.4, 0.5) is 0 Å². The van der Waals surface area contributed by atoms with Gasteiger partial charge in [-0.3, -0.25) is 9.59 Å². The largest absolute Gasteiger partial charge is 0.342 e. The van der Waals surface area contributed by atoms with Gasteiger partial charge >= 0.3 is 0 Å². The normalized spacial score (nSPS) is 24.8. The quantitative estimate of drug-likeness (QED) is 0.877. The Morgan fingerprint density at radius 3 is 2.54 bits per heavy atom. The van der Waals surface area contributed by atoms with Crippen molar-refractivity contribution < 1.29 is 9.59 Å². The van der Waals surface area contributed by atoms with Gasteiger partial charge in [0.1, 0.15) is 0 Å². The molecule has 3 fully saturated rings. The third-order valence-electron chi connectivity index (χ3n) is 6.25. The second-order valence-corrected chi connectivity index (χ2v) is 7.91. The lowest BCUT2D eigenvalue weighted by molar-refractivity contribution is -0.138. The molecule has 0 radical (unpaired) electrons. The zero-order chi connectivity index (χ0) is 17.3. The van der Waals surface area contributed by atoms with Crippen molar-refractivity contribution in [2.45, 2.75) is 32.2 Å². The summed E-state index contributed by atoms with van der Waals surface area (Å²) in [6.07, 6.45) is 3.80. The van der Waals surface area contributed by atoms with E-state index < -0.39 is 0 Å². The highest BCUT2D eigenvalue weighted by Crippen LogP contribution is 2.37. The fourth-order valence-corrected chi connectivity index (χ4v) is 4.58. The first-order chi connectivity index (χ1) is 12.2. The number of carbonyl (C=O) groups is 2. The molecule has 1 spiro atoms. The van der Waals surface area contributed by atoms with Crippen LogP contribution in [0, 0.1) is 11.3 Å². The van der Waals surface area contributed by atoms with Gasteiger partial charge in [0.15, 0.2) is 0 Å². The van der Waals surface area contributed by atoms with Gasteiger partial charge < -0.3 is 15.1 Å². The van der Waals surface area contributed by atoms with Gasteiger partial charge in [0.05, 0.1) is 5.92 Å². The lowest BCUT2D eigenvalue weighted by Crippen LogP contribution is -2.46. The second-order valence-electron chi connectivity index (χ2n) is 7.91. The zero-order valence-electron chi connectivity index (χ0n) is 15.2. The lowest BCUT2D eigenvalue weighted by Gasteiger charge is -2.39. The van der Waals surface area contributed by atoms with E-state index in [0.29, 0.717) is 24.9 Å². The zero-order valence-corrected chi connectivity index (χ0v) is 16.0. The smallest absolute Gasteiger partial charge is 0.227 e. The molecule has 1 unspecified atom stereocenters. The minimum atomic E-state index is -0.160. The first-order valence-electron chi connectivity index (χ1n) is 9.46. The Morgan fingerprint density at radius 1 is 1.15 bits per heavy atom. The number of hydrogen-bond acceptors (Lipinski definition) is 3. The Hall–Kier alpha value is -1.59. The molecule has 142 valence electrons. The van der Waals surface area contributed by atoms with E-state index in [1.165, 1.54) is 6.42 Å². The van der Waals surface area contributed by atoms with Crippen LogP contribution in [0.15, 0.2) is 30.3 Å². The van der Waals surface area contributed by atoms with Crippen LogP contribution >= 0.6 is 12.4 Å². The highest BCUT2D eigenvalue weighted by molar-refractivity contribution is 5.89. The van der Waals surface area contributed by atoms with E-state index in [2.05, 4.69) is 5.32 Å². The summed E-state index contributed by atoms with van der Waals surface area (Å²) in [6.45, 7) is 5.09. The summed E-state index contributed by atoms with van der Waals surface area (Å²) in [5.74, 6) is 0.132. The fourth-order valence-electron chi connectivity index (χ4n) is 4.58. The van der Waals surface area contributed by atoms with Crippen molar-refractivity contribution in [1.82, 2.24) is 15.1 Å². The third-order valence-corrected chi connectivity index (χ3v) is 6.25. The molecule has 6 heteroatoms. The number of nitrogens with one attached hydrogen (secondary N) is 1. The van der Waals surface area contributed by atoms with Gasteiger partial charge in [-0.15, -0.1) is 12.4 Å². The Kier molecular flexibility index (Phi) is 5.88. The Bertz CT molecular complexity index is 636. The molecule has 1 aromatic carbocycles. The van der Waals surface area contributed by atoms with Crippen LogP contribution in [0.25, 0.3) is 0 Å². The van der Waals surface area contributed by atoms with Gasteiger partial charge in [0.25, 0.3) is 0 Å². The van der Waals surface area contributed by atoms with Crippen LogP contribution in [0.5, 0.6) is 0 Å². The summed E-state index contributed by atoms with van der Waals surface area (Å²) >= 11 is 0. The molecule has 0 aromatic heterocycles. The molecular weight excluding hydrogens is 350 g/mol. The summed E-state index contributed by atoms with van der Waals surface area (Å²) in [5, 5.41) is 3.46. The summed E-state index contributed by atoms with van der Waals surface area (Å²) < 4.78 is 0. The Balaban J connectivity index is 0.00000196. The number of carbonyl (C=O) groups excluding carboxylic acids is 2. The molecule has 3 aliphatic heterocycles. The fraction of sp³-hybridized carbons (Fsp3) is 0.600. The molecule has 5 nitrogen and oxygen atoms in total. The molecule has 3 heterocycles. The summed E-state index contributed by atoms with van der Waals surface area (Å²) in [7, 11) is 0. The van der Waals surface area contributed by atoms with Crippen LogP contribution in [0.1, 0.15) is 31.2 Å². The number of rotatable bonds is 3. The predicted octanol–water partition coefficient (Wildman–Crippen LogP) is 2.06. The molecular formula is C20H28ClN3O2. The Labute approximate surface area is 161 Å². The van der Waals surface area contributed by atoms with E-state index in [-0.39, 0.29) is 30.1 Å². The van der Waals surface area contributed by atoms with Gasteiger partial charge in [-0.2, -0.15) is 0 Å². The maximum absolute atomic E-state index is 12.9. The molecule has 3 saturated heterocycles. The van der Waals surface area contributed by atoms with Crippen LogP contribution in [-0.2, 0) is 16.1 Å². The molecule has 3 aliphatic rings. The SMILES string of the molecule is Cl.O=C1CC(C(=O)N2CCC3(CCNC3)CC2)CN1Cc1ccccc1. The highest BCUT2D eigenvalue weighted by atomic mass is 35.5.